The fourth-order valence-electron chi connectivity index (χ4n) is 4.24. The molecule has 0 bridgehead atoms. The monoisotopic (exact) mass is 498 g/mol. The summed E-state index contributed by atoms with van der Waals surface area (Å²) >= 11 is 0. The van der Waals surface area contributed by atoms with Crippen LogP contribution < -0.4 is 10.6 Å². The van der Waals surface area contributed by atoms with Gasteiger partial charge in [0.25, 0.3) is 5.91 Å². The van der Waals surface area contributed by atoms with Crippen LogP contribution in [0.3, 0.4) is 0 Å². The van der Waals surface area contributed by atoms with Crippen LogP contribution in [-0.4, -0.2) is 27.8 Å². The summed E-state index contributed by atoms with van der Waals surface area (Å²) in [5.41, 5.74) is 5.48. The van der Waals surface area contributed by atoms with E-state index in [0.717, 1.165) is 39.0 Å². The molecule has 38 heavy (non-hydrogen) atoms. The van der Waals surface area contributed by atoms with E-state index in [0.29, 0.717) is 17.3 Å². The minimum Gasteiger partial charge on any atom is -0.455 e. The lowest BCUT2D eigenvalue weighted by Crippen LogP contribution is -2.13. The second-order valence-corrected chi connectivity index (χ2v) is 8.60. The van der Waals surface area contributed by atoms with Crippen LogP contribution in [0.4, 0.5) is 17.2 Å². The Labute approximate surface area is 218 Å². The number of benzene rings is 3. The van der Waals surface area contributed by atoms with Gasteiger partial charge in [-0.15, -0.1) is 5.10 Å². The molecule has 0 spiro atoms. The second-order valence-electron chi connectivity index (χ2n) is 8.60. The van der Waals surface area contributed by atoms with Gasteiger partial charge >= 0.3 is 0 Å². The molecule has 0 unspecified atom stereocenters. The Hall–Kier alpha value is -5.37. The van der Waals surface area contributed by atoms with Gasteiger partial charge in [0.1, 0.15) is 23.7 Å². The predicted octanol–water partition coefficient (Wildman–Crippen LogP) is 6.44. The lowest BCUT2D eigenvalue weighted by molar-refractivity contribution is -0.110. The molecule has 1 aliphatic heterocycles. The van der Waals surface area contributed by atoms with Crippen molar-refractivity contribution in [1.29, 1.82) is 0 Å². The molecule has 1 aliphatic rings. The lowest BCUT2D eigenvalue weighted by Gasteiger charge is -2.09. The van der Waals surface area contributed by atoms with Crippen molar-refractivity contribution in [3.05, 3.63) is 108 Å². The summed E-state index contributed by atoms with van der Waals surface area (Å²) < 4.78 is 5.99. The molecule has 3 aromatic carbocycles. The van der Waals surface area contributed by atoms with E-state index in [1.165, 1.54) is 6.21 Å². The molecule has 0 fully saturated rings. The summed E-state index contributed by atoms with van der Waals surface area (Å²) in [6.45, 7) is 2.00. The van der Waals surface area contributed by atoms with E-state index in [2.05, 4.69) is 36.9 Å². The van der Waals surface area contributed by atoms with Gasteiger partial charge in [0.05, 0.1) is 17.4 Å². The number of hydrogen-bond donors (Lipinski definition) is 2. The number of carbonyl (C=O) groups is 1. The molecule has 8 heteroatoms. The summed E-state index contributed by atoms with van der Waals surface area (Å²) in [6.07, 6.45) is 7.09. The van der Waals surface area contributed by atoms with Crippen LogP contribution in [0, 0.1) is 0 Å². The molecule has 0 radical (unpaired) electrons. The normalized spacial score (nSPS) is 14.0. The van der Waals surface area contributed by atoms with Crippen molar-refractivity contribution in [1.82, 2.24) is 9.97 Å². The quantitative estimate of drug-likeness (QED) is 0.207. The first kappa shape index (κ1) is 23.1. The Balaban J connectivity index is 1.24. The van der Waals surface area contributed by atoms with Crippen molar-refractivity contribution in [2.75, 3.05) is 10.6 Å². The molecule has 2 aromatic heterocycles. The number of rotatable bonds is 6. The first-order valence-electron chi connectivity index (χ1n) is 12.0. The molecular formula is C30H22N6O2. The predicted molar refractivity (Wildman–Crippen MR) is 151 cm³/mol. The van der Waals surface area contributed by atoms with Gasteiger partial charge in [0, 0.05) is 22.2 Å². The van der Waals surface area contributed by atoms with Crippen molar-refractivity contribution >= 4 is 52.0 Å². The van der Waals surface area contributed by atoms with E-state index in [1.54, 1.807) is 12.4 Å². The van der Waals surface area contributed by atoms with E-state index in [4.69, 9.17) is 4.42 Å². The van der Waals surface area contributed by atoms with Crippen LogP contribution in [0.2, 0.25) is 0 Å². The molecule has 1 amide bonds. The number of carbonyl (C=O) groups excluding carboxylic acids is 1. The Morgan fingerprint density at radius 2 is 1.84 bits per heavy atom. The third-order valence-corrected chi connectivity index (χ3v) is 6.07. The maximum Gasteiger partial charge on any atom is 0.276 e. The van der Waals surface area contributed by atoms with Crippen LogP contribution in [-0.2, 0) is 4.79 Å². The Kier molecular flexibility index (Phi) is 6.03. The maximum atomic E-state index is 12.2. The number of aromatic nitrogens is 2. The molecule has 8 nitrogen and oxygen atoms in total. The smallest absolute Gasteiger partial charge is 0.276 e. The summed E-state index contributed by atoms with van der Waals surface area (Å²) in [5, 5.41) is 15.2. The zero-order valence-electron chi connectivity index (χ0n) is 20.4. The third kappa shape index (κ3) is 4.58. The molecule has 0 atom stereocenters. The van der Waals surface area contributed by atoms with Crippen LogP contribution in [0.1, 0.15) is 23.8 Å². The van der Waals surface area contributed by atoms with E-state index in [-0.39, 0.29) is 11.6 Å². The van der Waals surface area contributed by atoms with Gasteiger partial charge in [-0.2, -0.15) is 5.10 Å². The lowest BCUT2D eigenvalue weighted by atomic mass is 10.1. The molecule has 2 N–H and O–H groups in total. The highest BCUT2D eigenvalue weighted by atomic mass is 16.3. The van der Waals surface area contributed by atoms with E-state index in [1.807, 2.05) is 85.8 Å². The molecule has 5 aromatic rings. The molecule has 0 saturated carbocycles. The number of nitrogens with one attached hydrogen (secondary N) is 2. The molecule has 3 heterocycles. The summed E-state index contributed by atoms with van der Waals surface area (Å²) in [5.74, 6) is 1.60. The first-order chi connectivity index (χ1) is 18.7. The highest BCUT2D eigenvalue weighted by molar-refractivity contribution is 6.53. The number of anilines is 3. The summed E-state index contributed by atoms with van der Waals surface area (Å²) in [4.78, 5) is 21.1. The third-order valence-electron chi connectivity index (χ3n) is 6.07. The minimum absolute atomic E-state index is 0.273. The minimum atomic E-state index is -0.278. The van der Waals surface area contributed by atoms with Crippen molar-refractivity contribution in [2.24, 2.45) is 10.2 Å². The van der Waals surface area contributed by atoms with E-state index < -0.39 is 0 Å². The summed E-state index contributed by atoms with van der Waals surface area (Å²) in [7, 11) is 0. The van der Waals surface area contributed by atoms with Crippen LogP contribution >= 0.6 is 0 Å². The number of allylic oxidation sites excluding steroid dienone is 1. The zero-order valence-corrected chi connectivity index (χ0v) is 20.4. The standard InChI is InChI=1S/C30H22N6O2/c1-2-5-19-8-11-21(12-9-19)34-29-24-16-20(10-14-25(24)31-18-32-29)27-15-13-22(38-27)17-33-36-28-23-6-3-4-7-26(23)35-30(28)37/h2-18H,1H3,(H,31,32,34)(H,35,36,37)/b5-2+,33-17+. The average molecular weight is 499 g/mol. The maximum absolute atomic E-state index is 12.2. The van der Waals surface area contributed by atoms with Crippen LogP contribution in [0.25, 0.3) is 28.3 Å². The average Bonchev–Trinajstić information content (AvgIpc) is 3.54. The van der Waals surface area contributed by atoms with Gasteiger partial charge in [-0.25, -0.2) is 9.97 Å². The van der Waals surface area contributed by atoms with Crippen LogP contribution in [0.5, 0.6) is 0 Å². The number of furan rings is 1. The molecule has 184 valence electrons. The van der Waals surface area contributed by atoms with Gasteiger partial charge < -0.3 is 15.1 Å². The van der Waals surface area contributed by atoms with Gasteiger partial charge in [0.2, 0.25) is 0 Å². The van der Waals surface area contributed by atoms with Crippen molar-refractivity contribution < 1.29 is 9.21 Å². The van der Waals surface area contributed by atoms with Crippen molar-refractivity contribution in [3.8, 4) is 11.3 Å². The molecule has 0 aliphatic carbocycles. The van der Waals surface area contributed by atoms with Gasteiger partial charge in [-0.1, -0.05) is 42.5 Å². The fraction of sp³-hybridized carbons (Fsp3) is 0.0333. The highest BCUT2D eigenvalue weighted by Crippen LogP contribution is 2.30. The Bertz CT molecular complexity index is 1750. The first-order valence-corrected chi connectivity index (χ1v) is 12.0. The van der Waals surface area contributed by atoms with Crippen molar-refractivity contribution in [2.45, 2.75) is 6.92 Å². The number of fused-ring (bicyclic) bond motifs is 2. The van der Waals surface area contributed by atoms with E-state index >= 15 is 0 Å². The summed E-state index contributed by atoms with van der Waals surface area (Å²) in [6, 6.07) is 25.0. The fourth-order valence-corrected chi connectivity index (χ4v) is 4.24. The number of hydrogen-bond acceptors (Lipinski definition) is 7. The number of amides is 1. The largest absolute Gasteiger partial charge is 0.455 e. The van der Waals surface area contributed by atoms with E-state index in [9.17, 15) is 4.79 Å². The molecular weight excluding hydrogens is 476 g/mol. The van der Waals surface area contributed by atoms with Gasteiger partial charge in [-0.3, -0.25) is 4.79 Å². The molecule has 6 rings (SSSR count). The Morgan fingerprint density at radius 1 is 0.974 bits per heavy atom. The van der Waals surface area contributed by atoms with Gasteiger partial charge in [0.15, 0.2) is 5.71 Å². The number of nitrogens with zero attached hydrogens (tertiary/aromatic N) is 4. The topological polar surface area (TPSA) is 105 Å². The highest BCUT2D eigenvalue weighted by Gasteiger charge is 2.25. The second kappa shape index (κ2) is 9.94. The van der Waals surface area contributed by atoms with Crippen molar-refractivity contribution in [3.63, 3.8) is 0 Å². The Morgan fingerprint density at radius 3 is 2.71 bits per heavy atom. The SMILES string of the molecule is C/C=C/c1ccc(Nc2ncnc3ccc(-c4ccc(/C=N/N=C5/C(=O)Nc6ccccc65)o4)cc23)cc1. The number of para-hydroxylation sites is 1. The zero-order chi connectivity index (χ0) is 25.9. The van der Waals surface area contributed by atoms with Gasteiger partial charge in [-0.05, 0) is 61.0 Å². The molecule has 0 saturated heterocycles. The van der Waals surface area contributed by atoms with Crippen LogP contribution in [0.15, 0.2) is 106 Å².